The lowest BCUT2D eigenvalue weighted by atomic mass is 9.95. The Labute approximate surface area is 124 Å². The van der Waals surface area contributed by atoms with Gasteiger partial charge in [-0.1, -0.05) is 26.8 Å². The standard InChI is InChI=1S/C16H21FN2O2/c1-16(2,3)15(21)18-13-7-8-19(10-13)14(20)11-5-4-6-12(17)9-11/h4-6,9,13H,7-8,10H2,1-3H3,(H,18,21)/t13-/m1/s1. The third kappa shape index (κ3) is 3.80. The van der Waals surface area contributed by atoms with Crippen molar-refractivity contribution in [3.63, 3.8) is 0 Å². The van der Waals surface area contributed by atoms with E-state index in [2.05, 4.69) is 5.32 Å². The molecule has 1 atom stereocenters. The summed E-state index contributed by atoms with van der Waals surface area (Å²) in [7, 11) is 0. The van der Waals surface area contributed by atoms with Gasteiger partial charge in [-0.2, -0.15) is 0 Å². The largest absolute Gasteiger partial charge is 0.351 e. The van der Waals surface area contributed by atoms with E-state index in [9.17, 15) is 14.0 Å². The van der Waals surface area contributed by atoms with E-state index in [1.807, 2.05) is 20.8 Å². The Kier molecular flexibility index (Phi) is 4.30. The molecule has 0 unspecified atom stereocenters. The number of amides is 2. The molecular formula is C16H21FN2O2. The topological polar surface area (TPSA) is 49.4 Å². The SMILES string of the molecule is CC(C)(C)C(=O)N[C@@H]1CCN(C(=O)c2cccc(F)c2)C1. The first-order valence-electron chi connectivity index (χ1n) is 7.13. The highest BCUT2D eigenvalue weighted by molar-refractivity contribution is 5.94. The number of carbonyl (C=O) groups is 2. The van der Waals surface area contributed by atoms with Crippen molar-refractivity contribution in [1.82, 2.24) is 10.2 Å². The fourth-order valence-corrected chi connectivity index (χ4v) is 2.27. The average Bonchev–Trinajstić information content (AvgIpc) is 2.85. The third-order valence-corrected chi connectivity index (χ3v) is 3.56. The van der Waals surface area contributed by atoms with Crippen molar-refractivity contribution in [3.05, 3.63) is 35.6 Å². The van der Waals surface area contributed by atoms with E-state index in [4.69, 9.17) is 0 Å². The molecule has 1 aliphatic heterocycles. The summed E-state index contributed by atoms with van der Waals surface area (Å²) in [5.41, 5.74) is -0.0993. The van der Waals surface area contributed by atoms with E-state index in [-0.39, 0.29) is 17.9 Å². The first kappa shape index (κ1) is 15.5. The number of likely N-dealkylation sites (tertiary alicyclic amines) is 1. The lowest BCUT2D eigenvalue weighted by molar-refractivity contribution is -0.129. The van der Waals surface area contributed by atoms with Crippen molar-refractivity contribution in [1.29, 1.82) is 0 Å². The molecule has 2 amide bonds. The van der Waals surface area contributed by atoms with E-state index in [1.54, 1.807) is 11.0 Å². The summed E-state index contributed by atoms with van der Waals surface area (Å²) in [6, 6.07) is 5.65. The molecule has 1 heterocycles. The van der Waals surface area contributed by atoms with Crippen LogP contribution in [0.4, 0.5) is 4.39 Å². The number of nitrogens with one attached hydrogen (secondary N) is 1. The Hall–Kier alpha value is -1.91. The number of halogens is 1. The van der Waals surface area contributed by atoms with Gasteiger partial charge < -0.3 is 10.2 Å². The van der Waals surface area contributed by atoms with Crippen LogP contribution in [-0.2, 0) is 4.79 Å². The lowest BCUT2D eigenvalue weighted by Gasteiger charge is -2.22. The molecule has 2 rings (SSSR count). The molecule has 1 N–H and O–H groups in total. The third-order valence-electron chi connectivity index (χ3n) is 3.56. The molecule has 0 aromatic heterocycles. The van der Waals surface area contributed by atoms with Gasteiger partial charge >= 0.3 is 0 Å². The quantitative estimate of drug-likeness (QED) is 0.908. The van der Waals surface area contributed by atoms with Gasteiger partial charge in [-0.05, 0) is 24.6 Å². The molecule has 4 nitrogen and oxygen atoms in total. The number of carbonyl (C=O) groups excluding carboxylic acids is 2. The van der Waals surface area contributed by atoms with Gasteiger partial charge in [-0.25, -0.2) is 4.39 Å². The molecule has 1 aromatic rings. The number of rotatable bonds is 2. The maximum Gasteiger partial charge on any atom is 0.254 e. The van der Waals surface area contributed by atoms with Crippen LogP contribution in [0.3, 0.4) is 0 Å². The average molecular weight is 292 g/mol. The smallest absolute Gasteiger partial charge is 0.254 e. The molecule has 21 heavy (non-hydrogen) atoms. The van der Waals surface area contributed by atoms with Crippen LogP contribution in [0.2, 0.25) is 0 Å². The molecule has 1 aromatic carbocycles. The lowest BCUT2D eigenvalue weighted by Crippen LogP contribution is -2.43. The van der Waals surface area contributed by atoms with Crippen LogP contribution in [0, 0.1) is 11.2 Å². The van der Waals surface area contributed by atoms with Gasteiger partial charge in [0.15, 0.2) is 0 Å². The van der Waals surface area contributed by atoms with Crippen LogP contribution in [-0.4, -0.2) is 35.8 Å². The fraction of sp³-hybridized carbons (Fsp3) is 0.500. The predicted octanol–water partition coefficient (Wildman–Crippen LogP) is 2.20. The van der Waals surface area contributed by atoms with Crippen LogP contribution in [0.1, 0.15) is 37.6 Å². The van der Waals surface area contributed by atoms with Crippen molar-refractivity contribution in [2.24, 2.45) is 5.41 Å². The molecule has 114 valence electrons. The highest BCUT2D eigenvalue weighted by Gasteiger charge is 2.30. The molecule has 0 spiro atoms. The van der Waals surface area contributed by atoms with E-state index < -0.39 is 11.2 Å². The zero-order valence-corrected chi connectivity index (χ0v) is 12.6. The Morgan fingerprint density at radius 2 is 2.05 bits per heavy atom. The minimum absolute atomic E-state index is 0.0208. The summed E-state index contributed by atoms with van der Waals surface area (Å²) < 4.78 is 13.2. The summed E-state index contributed by atoms with van der Waals surface area (Å²) in [5, 5.41) is 2.96. The van der Waals surface area contributed by atoms with E-state index in [0.717, 1.165) is 6.42 Å². The van der Waals surface area contributed by atoms with Crippen LogP contribution in [0.5, 0.6) is 0 Å². The number of benzene rings is 1. The molecule has 1 fully saturated rings. The summed E-state index contributed by atoms with van der Waals surface area (Å²) >= 11 is 0. The zero-order chi connectivity index (χ0) is 15.6. The van der Waals surface area contributed by atoms with Crippen LogP contribution in [0.15, 0.2) is 24.3 Å². The first-order valence-corrected chi connectivity index (χ1v) is 7.13. The van der Waals surface area contributed by atoms with Gasteiger partial charge in [0, 0.05) is 30.1 Å². The van der Waals surface area contributed by atoms with Crippen molar-refractivity contribution in [3.8, 4) is 0 Å². The second-order valence-corrected chi connectivity index (χ2v) is 6.47. The Morgan fingerprint density at radius 1 is 1.33 bits per heavy atom. The fourth-order valence-electron chi connectivity index (χ4n) is 2.27. The van der Waals surface area contributed by atoms with Crippen LogP contribution >= 0.6 is 0 Å². The molecule has 1 saturated heterocycles. The Morgan fingerprint density at radius 3 is 2.67 bits per heavy atom. The molecule has 0 aliphatic carbocycles. The Balaban J connectivity index is 1.96. The van der Waals surface area contributed by atoms with Gasteiger partial charge in [0.2, 0.25) is 5.91 Å². The second-order valence-electron chi connectivity index (χ2n) is 6.47. The van der Waals surface area contributed by atoms with E-state index in [0.29, 0.717) is 18.7 Å². The van der Waals surface area contributed by atoms with Gasteiger partial charge in [-0.15, -0.1) is 0 Å². The molecule has 5 heteroatoms. The second kappa shape index (κ2) is 5.84. The normalized spacial score (nSPS) is 18.7. The summed E-state index contributed by atoms with van der Waals surface area (Å²) in [6.45, 7) is 6.61. The summed E-state index contributed by atoms with van der Waals surface area (Å²) in [6.07, 6.45) is 0.725. The molecular weight excluding hydrogens is 271 g/mol. The van der Waals surface area contributed by atoms with E-state index >= 15 is 0 Å². The molecule has 0 bridgehead atoms. The summed E-state index contributed by atoms with van der Waals surface area (Å²) in [5.74, 6) is -0.632. The first-order chi connectivity index (χ1) is 9.77. The van der Waals surface area contributed by atoms with E-state index in [1.165, 1.54) is 18.2 Å². The zero-order valence-electron chi connectivity index (χ0n) is 12.6. The number of nitrogens with zero attached hydrogens (tertiary/aromatic N) is 1. The van der Waals surface area contributed by atoms with Crippen molar-refractivity contribution < 1.29 is 14.0 Å². The van der Waals surface area contributed by atoms with Gasteiger partial charge in [0.1, 0.15) is 5.82 Å². The van der Waals surface area contributed by atoms with Gasteiger partial charge in [0.25, 0.3) is 5.91 Å². The van der Waals surface area contributed by atoms with Crippen LogP contribution < -0.4 is 5.32 Å². The highest BCUT2D eigenvalue weighted by atomic mass is 19.1. The van der Waals surface area contributed by atoms with Gasteiger partial charge in [0.05, 0.1) is 0 Å². The highest BCUT2D eigenvalue weighted by Crippen LogP contribution is 2.17. The monoisotopic (exact) mass is 292 g/mol. The minimum Gasteiger partial charge on any atom is -0.351 e. The predicted molar refractivity (Wildman–Crippen MR) is 78.3 cm³/mol. The maximum atomic E-state index is 13.2. The van der Waals surface area contributed by atoms with Gasteiger partial charge in [-0.3, -0.25) is 9.59 Å². The van der Waals surface area contributed by atoms with Crippen LogP contribution in [0.25, 0.3) is 0 Å². The summed E-state index contributed by atoms with van der Waals surface area (Å²) in [4.78, 5) is 25.9. The molecule has 0 saturated carbocycles. The van der Waals surface area contributed by atoms with Crippen molar-refractivity contribution >= 4 is 11.8 Å². The maximum absolute atomic E-state index is 13.2. The number of hydrogen-bond donors (Lipinski definition) is 1. The van der Waals surface area contributed by atoms with Crippen molar-refractivity contribution in [2.45, 2.75) is 33.2 Å². The number of hydrogen-bond acceptors (Lipinski definition) is 2. The molecule has 1 aliphatic rings. The minimum atomic E-state index is -0.444. The Bertz CT molecular complexity index is 551. The molecule has 0 radical (unpaired) electrons. The van der Waals surface area contributed by atoms with Crippen molar-refractivity contribution in [2.75, 3.05) is 13.1 Å².